The average Bonchev–Trinajstić information content (AvgIpc) is 2.78. The molecule has 2 aromatic carbocycles. The standard InChI is InChI=1S/C22H25N3O4S/c23-17-19-5-4-6-20(15-19)29-14-11-24-22(26)16-18-9-12-25(13-10-18)30(27,28)21-7-2-1-3-8-21/h1-8,15,18H,9-14,16H2,(H,24,26). The second-order valence-corrected chi connectivity index (χ2v) is 9.14. The quantitative estimate of drug-likeness (QED) is 0.653. The molecule has 0 atom stereocenters. The van der Waals surface area contributed by atoms with Crippen molar-refractivity contribution in [1.82, 2.24) is 9.62 Å². The van der Waals surface area contributed by atoms with Crippen molar-refractivity contribution >= 4 is 15.9 Å². The topological polar surface area (TPSA) is 99.5 Å². The van der Waals surface area contributed by atoms with Gasteiger partial charge >= 0.3 is 0 Å². The number of hydrogen-bond donors (Lipinski definition) is 1. The van der Waals surface area contributed by atoms with Gasteiger partial charge in [-0.15, -0.1) is 0 Å². The molecule has 1 heterocycles. The van der Waals surface area contributed by atoms with Crippen LogP contribution in [-0.2, 0) is 14.8 Å². The van der Waals surface area contributed by atoms with Crippen LogP contribution in [-0.4, -0.2) is 44.9 Å². The predicted octanol–water partition coefficient (Wildman–Crippen LogP) is 2.54. The van der Waals surface area contributed by atoms with E-state index < -0.39 is 10.0 Å². The number of piperidine rings is 1. The molecule has 2 aromatic rings. The third kappa shape index (κ3) is 5.81. The van der Waals surface area contributed by atoms with Crippen molar-refractivity contribution in [3.8, 4) is 11.8 Å². The number of hydrogen-bond acceptors (Lipinski definition) is 5. The summed E-state index contributed by atoms with van der Waals surface area (Å²) in [4.78, 5) is 12.5. The van der Waals surface area contributed by atoms with Crippen molar-refractivity contribution in [1.29, 1.82) is 5.26 Å². The third-order valence-corrected chi connectivity index (χ3v) is 7.00. The van der Waals surface area contributed by atoms with Crippen LogP contribution >= 0.6 is 0 Å². The van der Waals surface area contributed by atoms with E-state index in [2.05, 4.69) is 11.4 Å². The van der Waals surface area contributed by atoms with Crippen LogP contribution in [0.25, 0.3) is 0 Å². The molecule has 0 saturated carbocycles. The highest BCUT2D eigenvalue weighted by Gasteiger charge is 2.29. The number of benzene rings is 2. The van der Waals surface area contributed by atoms with Gasteiger partial charge in [-0.1, -0.05) is 24.3 Å². The number of nitrogens with one attached hydrogen (secondary N) is 1. The minimum absolute atomic E-state index is 0.0613. The minimum Gasteiger partial charge on any atom is -0.492 e. The number of rotatable bonds is 8. The van der Waals surface area contributed by atoms with E-state index in [9.17, 15) is 13.2 Å². The molecule has 7 nitrogen and oxygen atoms in total. The molecule has 0 aromatic heterocycles. The molecule has 8 heteroatoms. The van der Waals surface area contributed by atoms with Gasteiger partial charge in [0.05, 0.1) is 23.1 Å². The Balaban J connectivity index is 1.37. The van der Waals surface area contributed by atoms with E-state index in [1.807, 2.05) is 0 Å². The summed E-state index contributed by atoms with van der Waals surface area (Å²) >= 11 is 0. The molecule has 0 aliphatic carbocycles. The Labute approximate surface area is 177 Å². The van der Waals surface area contributed by atoms with Crippen molar-refractivity contribution in [3.05, 3.63) is 60.2 Å². The number of ether oxygens (including phenoxy) is 1. The smallest absolute Gasteiger partial charge is 0.243 e. The molecule has 30 heavy (non-hydrogen) atoms. The van der Waals surface area contributed by atoms with Gasteiger partial charge in [-0.3, -0.25) is 4.79 Å². The summed E-state index contributed by atoms with van der Waals surface area (Å²) in [5, 5.41) is 11.7. The van der Waals surface area contributed by atoms with E-state index in [-0.39, 0.29) is 11.8 Å². The molecule has 3 rings (SSSR count). The summed E-state index contributed by atoms with van der Waals surface area (Å²) in [6.07, 6.45) is 1.71. The fourth-order valence-electron chi connectivity index (χ4n) is 3.44. The first kappa shape index (κ1) is 21.8. The SMILES string of the molecule is N#Cc1cccc(OCCNC(=O)CC2CCN(S(=O)(=O)c3ccccc3)CC2)c1. The number of sulfonamides is 1. The summed E-state index contributed by atoms with van der Waals surface area (Å²) in [6, 6.07) is 17.3. The number of nitriles is 1. The van der Waals surface area contributed by atoms with Crippen LogP contribution in [0.4, 0.5) is 0 Å². The maximum Gasteiger partial charge on any atom is 0.243 e. The van der Waals surface area contributed by atoms with E-state index >= 15 is 0 Å². The first-order valence-corrected chi connectivity index (χ1v) is 11.4. The third-order valence-electron chi connectivity index (χ3n) is 5.08. The number of carbonyl (C=O) groups excluding carboxylic acids is 1. The Morgan fingerprint density at radius 3 is 2.57 bits per heavy atom. The Morgan fingerprint density at radius 2 is 1.87 bits per heavy atom. The molecule has 0 bridgehead atoms. The van der Waals surface area contributed by atoms with Crippen LogP contribution in [0.1, 0.15) is 24.8 Å². The molecule has 1 saturated heterocycles. The Bertz CT molecular complexity index is 995. The largest absolute Gasteiger partial charge is 0.492 e. The number of nitrogens with zero attached hydrogens (tertiary/aromatic N) is 2. The Hall–Kier alpha value is -2.89. The van der Waals surface area contributed by atoms with Gasteiger partial charge in [0.15, 0.2) is 0 Å². The summed E-state index contributed by atoms with van der Waals surface area (Å²) < 4.78 is 32.4. The zero-order valence-electron chi connectivity index (χ0n) is 16.7. The number of carbonyl (C=O) groups is 1. The molecule has 0 radical (unpaired) electrons. The summed E-state index contributed by atoms with van der Waals surface area (Å²) in [5.74, 6) is 0.699. The first-order chi connectivity index (χ1) is 14.5. The highest BCUT2D eigenvalue weighted by molar-refractivity contribution is 7.89. The highest BCUT2D eigenvalue weighted by atomic mass is 32.2. The lowest BCUT2D eigenvalue weighted by atomic mass is 9.94. The summed E-state index contributed by atoms with van der Waals surface area (Å²) in [7, 11) is -3.47. The summed E-state index contributed by atoms with van der Waals surface area (Å²) in [5.41, 5.74) is 0.525. The van der Waals surface area contributed by atoms with Crippen molar-refractivity contribution in [2.45, 2.75) is 24.2 Å². The molecule has 0 spiro atoms. The molecule has 0 unspecified atom stereocenters. The van der Waals surface area contributed by atoms with Crippen molar-refractivity contribution in [2.24, 2.45) is 5.92 Å². The maximum atomic E-state index is 12.7. The molecular weight excluding hydrogens is 402 g/mol. The van der Waals surface area contributed by atoms with Crippen LogP contribution in [0.5, 0.6) is 5.75 Å². The van der Waals surface area contributed by atoms with Crippen LogP contribution < -0.4 is 10.1 Å². The predicted molar refractivity (Wildman–Crippen MR) is 112 cm³/mol. The van der Waals surface area contributed by atoms with E-state index in [0.717, 1.165) is 0 Å². The van der Waals surface area contributed by atoms with Crippen LogP contribution in [0.15, 0.2) is 59.5 Å². The molecule has 1 aliphatic rings. The fourth-order valence-corrected chi connectivity index (χ4v) is 4.94. The Morgan fingerprint density at radius 1 is 1.13 bits per heavy atom. The zero-order chi connectivity index (χ0) is 21.4. The molecule has 1 aliphatic heterocycles. The van der Waals surface area contributed by atoms with Crippen molar-refractivity contribution in [3.63, 3.8) is 0 Å². The van der Waals surface area contributed by atoms with Crippen molar-refractivity contribution < 1.29 is 17.9 Å². The lowest BCUT2D eigenvalue weighted by Crippen LogP contribution is -2.39. The van der Waals surface area contributed by atoms with E-state index in [1.54, 1.807) is 54.6 Å². The van der Waals surface area contributed by atoms with E-state index in [1.165, 1.54) is 4.31 Å². The van der Waals surface area contributed by atoms with Gasteiger partial charge in [0.25, 0.3) is 0 Å². The minimum atomic E-state index is -3.47. The zero-order valence-corrected chi connectivity index (χ0v) is 17.5. The van der Waals surface area contributed by atoms with Gasteiger partial charge in [-0.2, -0.15) is 9.57 Å². The van der Waals surface area contributed by atoms with Crippen LogP contribution in [0, 0.1) is 17.2 Å². The van der Waals surface area contributed by atoms with Gasteiger partial charge in [-0.05, 0) is 49.1 Å². The maximum absolute atomic E-state index is 12.7. The first-order valence-electron chi connectivity index (χ1n) is 9.94. The molecule has 1 fully saturated rings. The highest BCUT2D eigenvalue weighted by Crippen LogP contribution is 2.25. The van der Waals surface area contributed by atoms with Gasteiger partial charge in [0.2, 0.25) is 15.9 Å². The molecule has 1 N–H and O–H groups in total. The monoisotopic (exact) mass is 427 g/mol. The van der Waals surface area contributed by atoms with Gasteiger partial charge in [-0.25, -0.2) is 8.42 Å². The van der Waals surface area contributed by atoms with Gasteiger partial charge in [0, 0.05) is 19.5 Å². The molecule has 1 amide bonds. The molecule has 158 valence electrons. The van der Waals surface area contributed by atoms with Crippen LogP contribution in [0.2, 0.25) is 0 Å². The lowest BCUT2D eigenvalue weighted by molar-refractivity contribution is -0.122. The average molecular weight is 428 g/mol. The van der Waals surface area contributed by atoms with E-state index in [0.29, 0.717) is 61.7 Å². The van der Waals surface area contributed by atoms with Crippen LogP contribution in [0.3, 0.4) is 0 Å². The van der Waals surface area contributed by atoms with Crippen molar-refractivity contribution in [2.75, 3.05) is 26.2 Å². The lowest BCUT2D eigenvalue weighted by Gasteiger charge is -2.31. The van der Waals surface area contributed by atoms with E-state index in [4.69, 9.17) is 10.00 Å². The normalized spacial score (nSPS) is 15.3. The summed E-state index contributed by atoms with van der Waals surface area (Å²) in [6.45, 7) is 1.53. The number of amides is 1. The van der Waals surface area contributed by atoms with Gasteiger partial charge < -0.3 is 10.1 Å². The second-order valence-electron chi connectivity index (χ2n) is 7.20. The fraction of sp³-hybridized carbons (Fsp3) is 0.364. The molecular formula is C22H25N3O4S. The van der Waals surface area contributed by atoms with Gasteiger partial charge in [0.1, 0.15) is 12.4 Å². The Kier molecular flexibility index (Phi) is 7.44. The second kappa shape index (κ2) is 10.2.